The van der Waals surface area contributed by atoms with Crippen molar-refractivity contribution in [2.45, 2.75) is 6.92 Å². The molecule has 0 bridgehead atoms. The Balaban J connectivity index is 2.38. The van der Waals surface area contributed by atoms with Gasteiger partial charge in [-0.15, -0.1) is 0 Å². The van der Waals surface area contributed by atoms with E-state index < -0.39 is 0 Å². The lowest BCUT2D eigenvalue weighted by Crippen LogP contribution is -2.08. The molecule has 19 heavy (non-hydrogen) atoms. The molecule has 0 fully saturated rings. The number of fused-ring (bicyclic) bond motifs is 1. The molecule has 3 aromatic rings. The molecule has 0 amide bonds. The lowest BCUT2D eigenvalue weighted by molar-refractivity contribution is 0.503. The molecule has 0 saturated heterocycles. The van der Waals surface area contributed by atoms with Crippen molar-refractivity contribution in [3.05, 3.63) is 47.3 Å². The minimum absolute atomic E-state index is 0.0387. The first-order chi connectivity index (χ1) is 9.20. The van der Waals surface area contributed by atoms with Crippen molar-refractivity contribution >= 4 is 11.2 Å². The first-order valence-corrected chi connectivity index (χ1v) is 5.61. The van der Waals surface area contributed by atoms with Crippen molar-refractivity contribution in [3.63, 3.8) is 0 Å². The number of hydrogen-bond donors (Lipinski definition) is 1. The van der Waals surface area contributed by atoms with Crippen LogP contribution in [0.25, 0.3) is 16.9 Å². The SMILES string of the molecule is Cc1nn(-c2ccccc2)c2oc(=N)c(C#N)nc12. The molecule has 3 rings (SSSR count). The molecule has 0 aliphatic heterocycles. The molecule has 2 aromatic heterocycles. The maximum Gasteiger partial charge on any atom is 0.251 e. The highest BCUT2D eigenvalue weighted by Crippen LogP contribution is 2.18. The maximum atomic E-state index is 8.87. The summed E-state index contributed by atoms with van der Waals surface area (Å²) in [5.74, 6) is 0. The van der Waals surface area contributed by atoms with Crippen LogP contribution in [0.5, 0.6) is 0 Å². The van der Waals surface area contributed by atoms with E-state index in [-0.39, 0.29) is 11.2 Å². The van der Waals surface area contributed by atoms with Crippen LogP contribution in [-0.4, -0.2) is 14.8 Å². The Morgan fingerprint density at radius 3 is 2.74 bits per heavy atom. The Morgan fingerprint density at radius 1 is 1.32 bits per heavy atom. The Morgan fingerprint density at radius 2 is 2.05 bits per heavy atom. The summed E-state index contributed by atoms with van der Waals surface area (Å²) in [6.07, 6.45) is 0. The third-order valence-corrected chi connectivity index (χ3v) is 2.73. The number of aryl methyl sites for hydroxylation is 1. The lowest BCUT2D eigenvalue weighted by atomic mass is 10.3. The summed E-state index contributed by atoms with van der Waals surface area (Å²) >= 11 is 0. The first kappa shape index (κ1) is 11.2. The fourth-order valence-corrected chi connectivity index (χ4v) is 1.85. The molecule has 6 heteroatoms. The number of hydrogen-bond acceptors (Lipinski definition) is 5. The van der Waals surface area contributed by atoms with Gasteiger partial charge in [0.25, 0.3) is 11.3 Å². The van der Waals surface area contributed by atoms with Crippen molar-refractivity contribution in [1.29, 1.82) is 10.7 Å². The van der Waals surface area contributed by atoms with E-state index >= 15 is 0 Å². The number of nitrogens with one attached hydrogen (secondary N) is 1. The summed E-state index contributed by atoms with van der Waals surface area (Å²) < 4.78 is 6.95. The van der Waals surface area contributed by atoms with Gasteiger partial charge in [-0.25, -0.2) is 4.98 Å². The lowest BCUT2D eigenvalue weighted by Gasteiger charge is -2.01. The van der Waals surface area contributed by atoms with Gasteiger partial charge >= 0.3 is 0 Å². The smallest absolute Gasteiger partial charge is 0.251 e. The molecule has 1 N–H and O–H groups in total. The standard InChI is InChI=1S/C13H9N5O/c1-8-11-13(19-12(15)10(7-14)16-11)18(17-8)9-5-3-2-4-6-9/h2-6,15H,1H3. The topological polar surface area (TPSA) is 91.5 Å². The van der Waals surface area contributed by atoms with Gasteiger partial charge in [-0.05, 0) is 19.1 Å². The van der Waals surface area contributed by atoms with Gasteiger partial charge in [0.1, 0.15) is 6.07 Å². The summed E-state index contributed by atoms with van der Waals surface area (Å²) in [5, 5.41) is 20.8. The number of nitriles is 1. The van der Waals surface area contributed by atoms with Gasteiger partial charge in [-0.1, -0.05) is 18.2 Å². The highest BCUT2D eigenvalue weighted by Gasteiger charge is 2.14. The molecular weight excluding hydrogens is 242 g/mol. The normalized spacial score (nSPS) is 10.5. The summed E-state index contributed by atoms with van der Waals surface area (Å²) in [7, 11) is 0. The molecule has 6 nitrogen and oxygen atoms in total. The van der Waals surface area contributed by atoms with Crippen molar-refractivity contribution in [2.75, 3.05) is 0 Å². The number of rotatable bonds is 1. The van der Waals surface area contributed by atoms with E-state index in [9.17, 15) is 0 Å². The molecule has 2 heterocycles. The second kappa shape index (κ2) is 4.07. The number of para-hydroxylation sites is 1. The molecule has 1 aromatic carbocycles. The van der Waals surface area contributed by atoms with Crippen LogP contribution in [0.15, 0.2) is 34.7 Å². The van der Waals surface area contributed by atoms with Crippen molar-refractivity contribution in [1.82, 2.24) is 14.8 Å². The number of nitrogens with zero attached hydrogens (tertiary/aromatic N) is 4. The molecule has 0 atom stereocenters. The average Bonchev–Trinajstić information content (AvgIpc) is 2.75. The molecule has 92 valence electrons. The average molecular weight is 251 g/mol. The second-order valence-corrected chi connectivity index (χ2v) is 3.99. The second-order valence-electron chi connectivity index (χ2n) is 3.99. The van der Waals surface area contributed by atoms with E-state index in [0.717, 1.165) is 5.69 Å². The van der Waals surface area contributed by atoms with E-state index in [1.807, 2.05) is 36.4 Å². The molecule has 0 unspecified atom stereocenters. The third-order valence-electron chi connectivity index (χ3n) is 2.73. The van der Waals surface area contributed by atoms with E-state index in [1.54, 1.807) is 11.6 Å². The van der Waals surface area contributed by atoms with Gasteiger partial charge in [0.05, 0.1) is 11.4 Å². The van der Waals surface area contributed by atoms with Crippen LogP contribution in [-0.2, 0) is 0 Å². The quantitative estimate of drug-likeness (QED) is 0.712. The minimum atomic E-state index is -0.257. The van der Waals surface area contributed by atoms with Crippen LogP contribution in [0.2, 0.25) is 0 Å². The van der Waals surface area contributed by atoms with E-state index in [1.165, 1.54) is 0 Å². The predicted molar refractivity (Wildman–Crippen MR) is 66.4 cm³/mol. The van der Waals surface area contributed by atoms with Gasteiger partial charge in [0, 0.05) is 0 Å². The predicted octanol–water partition coefficient (Wildman–Crippen LogP) is 1.67. The van der Waals surface area contributed by atoms with E-state index in [2.05, 4.69) is 10.1 Å². The molecule has 0 aliphatic carbocycles. The van der Waals surface area contributed by atoms with Gasteiger partial charge in [0.2, 0.25) is 5.69 Å². The van der Waals surface area contributed by atoms with Crippen molar-refractivity contribution < 1.29 is 4.42 Å². The van der Waals surface area contributed by atoms with Crippen LogP contribution >= 0.6 is 0 Å². The zero-order valence-electron chi connectivity index (χ0n) is 10.1. The summed E-state index contributed by atoms with van der Waals surface area (Å²) in [6.45, 7) is 1.79. The minimum Gasteiger partial charge on any atom is -0.416 e. The number of aromatic nitrogens is 3. The maximum absolute atomic E-state index is 8.87. The fourth-order valence-electron chi connectivity index (χ4n) is 1.85. The Hall–Kier alpha value is -2.94. The van der Waals surface area contributed by atoms with Crippen LogP contribution in [0.3, 0.4) is 0 Å². The zero-order chi connectivity index (χ0) is 13.4. The summed E-state index contributed by atoms with van der Waals surface area (Å²) in [6, 6.07) is 11.3. The van der Waals surface area contributed by atoms with Gasteiger partial charge in [-0.2, -0.15) is 15.0 Å². The Labute approximate surface area is 108 Å². The van der Waals surface area contributed by atoms with Crippen molar-refractivity contribution in [2.24, 2.45) is 0 Å². The van der Waals surface area contributed by atoms with Crippen LogP contribution in [0, 0.1) is 23.7 Å². The summed E-state index contributed by atoms with van der Waals surface area (Å²) in [4.78, 5) is 4.11. The number of benzene rings is 1. The molecule has 0 saturated carbocycles. The zero-order valence-corrected chi connectivity index (χ0v) is 10.1. The monoisotopic (exact) mass is 251 g/mol. The van der Waals surface area contributed by atoms with Gasteiger partial charge in [0.15, 0.2) is 5.52 Å². The third kappa shape index (κ3) is 1.68. The van der Waals surface area contributed by atoms with E-state index in [0.29, 0.717) is 16.9 Å². The highest BCUT2D eigenvalue weighted by atomic mass is 16.3. The van der Waals surface area contributed by atoms with Crippen molar-refractivity contribution in [3.8, 4) is 11.8 Å². The van der Waals surface area contributed by atoms with Gasteiger partial charge < -0.3 is 4.42 Å². The van der Waals surface area contributed by atoms with Crippen LogP contribution < -0.4 is 5.55 Å². The van der Waals surface area contributed by atoms with Gasteiger partial charge in [-0.3, -0.25) is 5.41 Å². The van der Waals surface area contributed by atoms with Crippen LogP contribution in [0.4, 0.5) is 0 Å². The largest absolute Gasteiger partial charge is 0.416 e. The summed E-state index contributed by atoms with van der Waals surface area (Å²) in [5.41, 5.74) is 2.04. The Kier molecular flexibility index (Phi) is 2.39. The molecule has 0 aliphatic rings. The highest BCUT2D eigenvalue weighted by molar-refractivity contribution is 5.73. The molecule has 0 spiro atoms. The van der Waals surface area contributed by atoms with E-state index in [4.69, 9.17) is 15.1 Å². The molecule has 0 radical (unpaired) electrons. The Bertz CT molecular complexity index is 854. The molecular formula is C13H9N5O. The first-order valence-electron chi connectivity index (χ1n) is 5.61. The van der Waals surface area contributed by atoms with Crippen LogP contribution in [0.1, 0.15) is 11.4 Å². The fraction of sp³-hybridized carbons (Fsp3) is 0.0769.